The van der Waals surface area contributed by atoms with Crippen molar-refractivity contribution in [3.8, 4) is 0 Å². The number of amides is 4. The van der Waals surface area contributed by atoms with Crippen LogP contribution in [0.4, 0.5) is 4.79 Å². The van der Waals surface area contributed by atoms with Gasteiger partial charge in [-0.25, -0.2) is 4.79 Å². The van der Waals surface area contributed by atoms with Crippen LogP contribution in [0.5, 0.6) is 0 Å². The maximum absolute atomic E-state index is 12.5. The number of carbonyl (C=O) groups is 3. The second-order valence-electron chi connectivity index (χ2n) is 5.62. The predicted molar refractivity (Wildman–Crippen MR) is 77.7 cm³/mol. The summed E-state index contributed by atoms with van der Waals surface area (Å²) in [4.78, 5) is 44.1. The van der Waals surface area contributed by atoms with E-state index < -0.39 is 6.03 Å². The molecule has 2 aliphatic heterocycles. The van der Waals surface area contributed by atoms with Gasteiger partial charge in [0.05, 0.1) is 6.04 Å². The highest BCUT2D eigenvalue weighted by Gasteiger charge is 2.37. The van der Waals surface area contributed by atoms with Gasteiger partial charge in [0.1, 0.15) is 13.1 Å². The van der Waals surface area contributed by atoms with Crippen LogP contribution in [0.2, 0.25) is 0 Å². The van der Waals surface area contributed by atoms with Gasteiger partial charge in [-0.3, -0.25) is 19.5 Å². The van der Waals surface area contributed by atoms with Crippen LogP contribution in [0.1, 0.15) is 24.4 Å². The van der Waals surface area contributed by atoms with E-state index in [0.717, 1.165) is 23.3 Å². The molecule has 0 radical (unpaired) electrons. The number of likely N-dealkylation sites (tertiary alicyclic amines) is 1. The van der Waals surface area contributed by atoms with Crippen LogP contribution in [0.3, 0.4) is 0 Å². The average Bonchev–Trinajstić information content (AvgIpc) is 3.10. The zero-order valence-corrected chi connectivity index (χ0v) is 12.4. The van der Waals surface area contributed by atoms with Gasteiger partial charge in [0.2, 0.25) is 11.8 Å². The molecule has 7 nitrogen and oxygen atoms in total. The first kappa shape index (κ1) is 14.5. The summed E-state index contributed by atoms with van der Waals surface area (Å²) in [6, 6.07) is 3.41. The lowest BCUT2D eigenvalue weighted by Gasteiger charge is -2.26. The molecule has 0 bridgehead atoms. The van der Waals surface area contributed by atoms with Crippen LogP contribution in [0.15, 0.2) is 24.5 Å². The number of likely N-dealkylation sites (N-methyl/N-ethyl adjacent to an activating group) is 1. The van der Waals surface area contributed by atoms with E-state index in [-0.39, 0.29) is 30.9 Å². The molecule has 2 aliphatic rings. The number of nitrogens with zero attached hydrogens (tertiary/aromatic N) is 4. The Bertz CT molecular complexity index is 604. The molecule has 2 fully saturated rings. The van der Waals surface area contributed by atoms with Crippen molar-refractivity contribution in [1.29, 1.82) is 0 Å². The van der Waals surface area contributed by atoms with Gasteiger partial charge in [-0.15, -0.1) is 0 Å². The molecule has 2 saturated heterocycles. The minimum atomic E-state index is -0.407. The first-order valence-corrected chi connectivity index (χ1v) is 7.33. The lowest BCUT2D eigenvalue weighted by atomic mass is 10.1. The Kier molecular flexibility index (Phi) is 3.79. The Balaban J connectivity index is 1.70. The molecule has 3 heterocycles. The van der Waals surface area contributed by atoms with Crippen LogP contribution in [0, 0.1) is 0 Å². The summed E-state index contributed by atoms with van der Waals surface area (Å²) in [6.07, 6.45) is 5.30. The van der Waals surface area contributed by atoms with Gasteiger partial charge in [0.25, 0.3) is 0 Å². The number of carbonyl (C=O) groups excluding carboxylic acids is 3. The Morgan fingerprint density at radius 2 is 2.23 bits per heavy atom. The Morgan fingerprint density at radius 1 is 1.41 bits per heavy atom. The third-order valence-corrected chi connectivity index (χ3v) is 4.23. The van der Waals surface area contributed by atoms with E-state index in [4.69, 9.17) is 0 Å². The van der Waals surface area contributed by atoms with Gasteiger partial charge in [-0.05, 0) is 24.5 Å². The lowest BCUT2D eigenvalue weighted by molar-refractivity contribution is -0.132. The minimum absolute atomic E-state index is 0.00679. The van der Waals surface area contributed by atoms with Crippen molar-refractivity contribution in [3.05, 3.63) is 30.1 Å². The summed E-state index contributed by atoms with van der Waals surface area (Å²) in [5, 5.41) is 0. The highest BCUT2D eigenvalue weighted by molar-refractivity contribution is 6.03. The molecule has 1 unspecified atom stereocenters. The first-order valence-electron chi connectivity index (χ1n) is 7.33. The number of aromatic nitrogens is 1. The average molecular weight is 302 g/mol. The summed E-state index contributed by atoms with van der Waals surface area (Å²) >= 11 is 0. The van der Waals surface area contributed by atoms with E-state index in [1.807, 2.05) is 12.1 Å². The Labute approximate surface area is 128 Å². The molecule has 0 N–H and O–H groups in total. The summed E-state index contributed by atoms with van der Waals surface area (Å²) in [5.41, 5.74) is 1.01. The predicted octanol–water partition coefficient (Wildman–Crippen LogP) is 0.639. The van der Waals surface area contributed by atoms with Crippen molar-refractivity contribution in [3.63, 3.8) is 0 Å². The second-order valence-corrected chi connectivity index (χ2v) is 5.62. The number of pyridine rings is 1. The van der Waals surface area contributed by atoms with Gasteiger partial charge in [-0.1, -0.05) is 6.07 Å². The topological polar surface area (TPSA) is 73.8 Å². The molecule has 1 aromatic rings. The maximum atomic E-state index is 12.5. The second kappa shape index (κ2) is 5.75. The summed E-state index contributed by atoms with van der Waals surface area (Å²) in [7, 11) is 1.43. The highest BCUT2D eigenvalue weighted by Crippen LogP contribution is 2.31. The van der Waals surface area contributed by atoms with Crippen LogP contribution in [-0.2, 0) is 9.59 Å². The van der Waals surface area contributed by atoms with E-state index in [0.29, 0.717) is 6.54 Å². The minimum Gasteiger partial charge on any atom is -0.334 e. The number of urea groups is 1. The Morgan fingerprint density at radius 3 is 2.86 bits per heavy atom. The van der Waals surface area contributed by atoms with E-state index in [1.165, 1.54) is 11.9 Å². The fraction of sp³-hybridized carbons (Fsp3) is 0.467. The van der Waals surface area contributed by atoms with Crippen LogP contribution in [0.25, 0.3) is 0 Å². The quantitative estimate of drug-likeness (QED) is 0.768. The monoisotopic (exact) mass is 302 g/mol. The number of imide groups is 1. The molecule has 22 heavy (non-hydrogen) atoms. The molecular weight excluding hydrogens is 284 g/mol. The molecule has 7 heteroatoms. The molecule has 1 atom stereocenters. The molecule has 4 amide bonds. The molecule has 1 aromatic heterocycles. The number of rotatable bonds is 3. The van der Waals surface area contributed by atoms with Crippen LogP contribution >= 0.6 is 0 Å². The standard InChI is InChI=1S/C15H18N4O3/c1-17-13(20)9-18(15(17)22)10-14(21)19-7-3-5-12(19)11-4-2-6-16-8-11/h2,4,6,8,12H,3,5,7,9-10H2,1H3. The largest absolute Gasteiger partial charge is 0.334 e. The molecule has 0 spiro atoms. The van der Waals surface area contributed by atoms with Gasteiger partial charge in [-0.2, -0.15) is 0 Å². The van der Waals surface area contributed by atoms with Crippen molar-refractivity contribution in [1.82, 2.24) is 19.7 Å². The van der Waals surface area contributed by atoms with E-state index in [2.05, 4.69) is 4.98 Å². The highest BCUT2D eigenvalue weighted by atomic mass is 16.2. The zero-order chi connectivity index (χ0) is 15.7. The van der Waals surface area contributed by atoms with Gasteiger partial charge in [0, 0.05) is 26.0 Å². The Hall–Kier alpha value is -2.44. The van der Waals surface area contributed by atoms with Crippen molar-refractivity contribution in [2.45, 2.75) is 18.9 Å². The van der Waals surface area contributed by atoms with Crippen molar-refractivity contribution in [2.24, 2.45) is 0 Å². The summed E-state index contributed by atoms with van der Waals surface area (Å²) in [5.74, 6) is -0.397. The number of hydrogen-bond donors (Lipinski definition) is 0. The summed E-state index contributed by atoms with van der Waals surface area (Å²) in [6.45, 7) is 0.600. The zero-order valence-electron chi connectivity index (χ0n) is 12.4. The molecule has 0 saturated carbocycles. The van der Waals surface area contributed by atoms with Crippen LogP contribution < -0.4 is 0 Å². The van der Waals surface area contributed by atoms with Gasteiger partial charge in [0.15, 0.2) is 0 Å². The molecule has 0 aromatic carbocycles. The van der Waals surface area contributed by atoms with Crippen molar-refractivity contribution >= 4 is 17.8 Å². The molecule has 3 rings (SSSR count). The molecular formula is C15H18N4O3. The van der Waals surface area contributed by atoms with Gasteiger partial charge < -0.3 is 9.80 Å². The first-order chi connectivity index (χ1) is 10.6. The van der Waals surface area contributed by atoms with Crippen LogP contribution in [-0.4, -0.2) is 64.2 Å². The number of hydrogen-bond acceptors (Lipinski definition) is 4. The van der Waals surface area contributed by atoms with Crippen molar-refractivity contribution < 1.29 is 14.4 Å². The third-order valence-electron chi connectivity index (χ3n) is 4.23. The fourth-order valence-corrected chi connectivity index (χ4v) is 3.02. The third kappa shape index (κ3) is 2.54. The van der Waals surface area contributed by atoms with Gasteiger partial charge >= 0.3 is 6.03 Å². The SMILES string of the molecule is CN1C(=O)CN(CC(=O)N2CCCC2c2cccnc2)C1=O. The molecule has 116 valence electrons. The van der Waals surface area contributed by atoms with E-state index >= 15 is 0 Å². The smallest absolute Gasteiger partial charge is 0.327 e. The van der Waals surface area contributed by atoms with Crippen molar-refractivity contribution in [2.75, 3.05) is 26.7 Å². The van der Waals surface area contributed by atoms with E-state index in [9.17, 15) is 14.4 Å². The fourth-order valence-electron chi connectivity index (χ4n) is 3.02. The normalized spacial score (nSPS) is 21.9. The lowest BCUT2D eigenvalue weighted by Crippen LogP contribution is -2.41. The molecule has 0 aliphatic carbocycles. The van der Waals surface area contributed by atoms with E-state index in [1.54, 1.807) is 17.3 Å². The maximum Gasteiger partial charge on any atom is 0.327 e. The summed E-state index contributed by atoms with van der Waals surface area (Å²) < 4.78 is 0.